The van der Waals surface area contributed by atoms with Crippen molar-refractivity contribution in [3.63, 3.8) is 0 Å². The predicted molar refractivity (Wildman–Crippen MR) is 68.1 cm³/mol. The van der Waals surface area contributed by atoms with Gasteiger partial charge in [0.1, 0.15) is 6.61 Å². The molecule has 1 fully saturated rings. The van der Waals surface area contributed by atoms with Gasteiger partial charge in [-0.05, 0) is 12.8 Å². The third-order valence-electron chi connectivity index (χ3n) is 3.11. The molecular formula is C12H22N2O5. The summed E-state index contributed by atoms with van der Waals surface area (Å²) in [6.45, 7) is 2.00. The summed E-state index contributed by atoms with van der Waals surface area (Å²) in [7, 11) is 3.35. The smallest absolute Gasteiger partial charge is 0.329 e. The highest BCUT2D eigenvalue weighted by Crippen LogP contribution is 2.14. The van der Waals surface area contributed by atoms with E-state index in [1.165, 1.54) is 0 Å². The lowest BCUT2D eigenvalue weighted by molar-refractivity contribution is -0.145. The summed E-state index contributed by atoms with van der Waals surface area (Å²) >= 11 is 0. The van der Waals surface area contributed by atoms with Gasteiger partial charge in [-0.15, -0.1) is 0 Å². The number of likely N-dealkylation sites (tertiary alicyclic amines) is 1. The molecule has 7 heteroatoms. The number of urea groups is 1. The van der Waals surface area contributed by atoms with Crippen LogP contribution in [-0.4, -0.2) is 80.0 Å². The maximum atomic E-state index is 12.0. The van der Waals surface area contributed by atoms with Crippen LogP contribution in [0.5, 0.6) is 0 Å². The zero-order chi connectivity index (χ0) is 14.3. The van der Waals surface area contributed by atoms with E-state index in [9.17, 15) is 9.59 Å². The number of likely N-dealkylation sites (N-methyl/N-ethyl adjacent to an activating group) is 1. The summed E-state index contributed by atoms with van der Waals surface area (Å²) in [5, 5.41) is 8.53. The lowest BCUT2D eigenvalue weighted by Crippen LogP contribution is -2.47. The fraction of sp³-hybridized carbons (Fsp3) is 0.833. The highest BCUT2D eigenvalue weighted by Gasteiger charge is 2.25. The van der Waals surface area contributed by atoms with E-state index in [0.29, 0.717) is 39.1 Å². The number of rotatable bonds is 6. The molecule has 2 amide bonds. The molecule has 110 valence electrons. The average molecular weight is 274 g/mol. The number of amides is 2. The molecule has 1 N–H and O–H groups in total. The molecule has 0 bridgehead atoms. The van der Waals surface area contributed by atoms with Crippen LogP contribution in [0.4, 0.5) is 4.79 Å². The molecular weight excluding hydrogens is 252 g/mol. The summed E-state index contributed by atoms with van der Waals surface area (Å²) in [5.41, 5.74) is 0. The van der Waals surface area contributed by atoms with Crippen LogP contribution >= 0.6 is 0 Å². The number of hydrogen-bond donors (Lipinski definition) is 1. The third kappa shape index (κ3) is 5.44. The fourth-order valence-corrected chi connectivity index (χ4v) is 1.97. The Hall–Kier alpha value is -1.34. The third-order valence-corrected chi connectivity index (χ3v) is 3.11. The largest absolute Gasteiger partial charge is 0.480 e. The maximum Gasteiger partial charge on any atom is 0.329 e. The van der Waals surface area contributed by atoms with E-state index in [0.717, 1.165) is 0 Å². The van der Waals surface area contributed by atoms with Gasteiger partial charge in [0.05, 0.1) is 12.7 Å². The van der Waals surface area contributed by atoms with Crippen LogP contribution in [0.15, 0.2) is 0 Å². The Bertz CT molecular complexity index is 302. The number of nitrogens with zero attached hydrogens (tertiary/aromatic N) is 2. The number of carbonyl (C=O) groups excluding carboxylic acids is 1. The Labute approximate surface area is 113 Å². The maximum absolute atomic E-state index is 12.0. The summed E-state index contributed by atoms with van der Waals surface area (Å²) < 4.78 is 10.2. The van der Waals surface area contributed by atoms with Gasteiger partial charge in [0, 0.05) is 33.8 Å². The second-order valence-corrected chi connectivity index (χ2v) is 4.59. The van der Waals surface area contributed by atoms with Gasteiger partial charge in [-0.3, -0.25) is 0 Å². The van der Waals surface area contributed by atoms with Crippen LogP contribution < -0.4 is 0 Å². The topological polar surface area (TPSA) is 79.3 Å². The molecule has 0 radical (unpaired) electrons. The zero-order valence-corrected chi connectivity index (χ0v) is 11.5. The Morgan fingerprint density at radius 2 is 2.00 bits per heavy atom. The van der Waals surface area contributed by atoms with Gasteiger partial charge >= 0.3 is 12.0 Å². The quantitative estimate of drug-likeness (QED) is 0.751. The normalized spacial score (nSPS) is 16.4. The number of hydrogen-bond acceptors (Lipinski definition) is 4. The molecule has 0 unspecified atom stereocenters. The van der Waals surface area contributed by atoms with Crippen LogP contribution in [0.3, 0.4) is 0 Å². The van der Waals surface area contributed by atoms with Crippen molar-refractivity contribution in [2.75, 3.05) is 47.0 Å². The fourth-order valence-electron chi connectivity index (χ4n) is 1.97. The standard InChI is InChI=1S/C12H22N2O5/c1-13(7-8-18-2)12(17)14-5-3-10(4-6-14)19-9-11(15)16/h10H,3-9H2,1-2H3,(H,15,16). The molecule has 1 aliphatic heterocycles. The van der Waals surface area contributed by atoms with Crippen LogP contribution in [-0.2, 0) is 14.3 Å². The predicted octanol–water partition coefficient (Wildman–Crippen LogP) is 0.250. The van der Waals surface area contributed by atoms with Crippen LogP contribution in [0.1, 0.15) is 12.8 Å². The summed E-state index contributed by atoms with van der Waals surface area (Å²) in [6.07, 6.45) is 1.29. The first-order chi connectivity index (χ1) is 9.04. The molecule has 1 saturated heterocycles. The molecule has 0 spiro atoms. The minimum atomic E-state index is -0.960. The molecule has 0 atom stereocenters. The molecule has 7 nitrogen and oxygen atoms in total. The van der Waals surface area contributed by atoms with Gasteiger partial charge in [-0.25, -0.2) is 9.59 Å². The summed E-state index contributed by atoms with van der Waals surface area (Å²) in [5.74, 6) is -0.960. The first-order valence-electron chi connectivity index (χ1n) is 6.37. The van der Waals surface area contributed by atoms with E-state index in [1.807, 2.05) is 0 Å². The summed E-state index contributed by atoms with van der Waals surface area (Å²) in [6, 6.07) is -0.0197. The van der Waals surface area contributed by atoms with Crippen LogP contribution in [0, 0.1) is 0 Å². The number of aliphatic carboxylic acids is 1. The van der Waals surface area contributed by atoms with Crippen molar-refractivity contribution in [1.82, 2.24) is 9.80 Å². The molecule has 19 heavy (non-hydrogen) atoms. The van der Waals surface area contributed by atoms with Crippen molar-refractivity contribution in [3.8, 4) is 0 Å². The highest BCUT2D eigenvalue weighted by atomic mass is 16.5. The van der Waals surface area contributed by atoms with Gasteiger partial charge in [-0.2, -0.15) is 0 Å². The van der Waals surface area contributed by atoms with E-state index in [2.05, 4.69) is 0 Å². The van der Waals surface area contributed by atoms with Crippen molar-refractivity contribution >= 4 is 12.0 Å². The number of carboxylic acids is 1. The molecule has 1 aliphatic rings. The Balaban J connectivity index is 2.28. The second-order valence-electron chi connectivity index (χ2n) is 4.59. The lowest BCUT2D eigenvalue weighted by Gasteiger charge is -2.34. The van der Waals surface area contributed by atoms with Crippen LogP contribution in [0.2, 0.25) is 0 Å². The van der Waals surface area contributed by atoms with Gasteiger partial charge < -0.3 is 24.4 Å². The number of piperidine rings is 1. The Morgan fingerprint density at radius 1 is 1.37 bits per heavy atom. The molecule has 0 saturated carbocycles. The van der Waals surface area contributed by atoms with Crippen molar-refractivity contribution in [3.05, 3.63) is 0 Å². The van der Waals surface area contributed by atoms with E-state index in [4.69, 9.17) is 14.6 Å². The Kier molecular flexibility index (Phi) is 6.58. The molecule has 0 aromatic heterocycles. The number of methoxy groups -OCH3 is 1. The van der Waals surface area contributed by atoms with Gasteiger partial charge in [0.2, 0.25) is 0 Å². The molecule has 1 rings (SSSR count). The van der Waals surface area contributed by atoms with Gasteiger partial charge in [0.15, 0.2) is 0 Å². The van der Waals surface area contributed by atoms with Gasteiger partial charge in [-0.1, -0.05) is 0 Å². The molecule has 0 aromatic carbocycles. The molecule has 0 aromatic rings. The first-order valence-corrected chi connectivity index (χ1v) is 6.37. The number of carbonyl (C=O) groups is 2. The molecule has 1 heterocycles. The van der Waals surface area contributed by atoms with E-state index in [1.54, 1.807) is 24.0 Å². The zero-order valence-electron chi connectivity index (χ0n) is 11.5. The Morgan fingerprint density at radius 3 is 2.53 bits per heavy atom. The first kappa shape index (κ1) is 15.7. The van der Waals surface area contributed by atoms with E-state index < -0.39 is 5.97 Å². The van der Waals surface area contributed by atoms with Crippen molar-refractivity contribution in [2.24, 2.45) is 0 Å². The number of carboxylic acid groups (broad SMARTS) is 1. The SMILES string of the molecule is COCCN(C)C(=O)N1CCC(OCC(=O)O)CC1. The van der Waals surface area contributed by atoms with E-state index >= 15 is 0 Å². The monoisotopic (exact) mass is 274 g/mol. The minimum Gasteiger partial charge on any atom is -0.480 e. The van der Waals surface area contributed by atoms with Crippen molar-refractivity contribution in [1.29, 1.82) is 0 Å². The highest BCUT2D eigenvalue weighted by molar-refractivity contribution is 5.74. The van der Waals surface area contributed by atoms with Crippen molar-refractivity contribution < 1.29 is 24.2 Å². The average Bonchev–Trinajstić information content (AvgIpc) is 2.42. The second kappa shape index (κ2) is 7.96. The van der Waals surface area contributed by atoms with E-state index in [-0.39, 0.29) is 18.7 Å². The molecule has 0 aliphatic carbocycles. The number of ether oxygens (including phenoxy) is 2. The van der Waals surface area contributed by atoms with Crippen LogP contribution in [0.25, 0.3) is 0 Å². The van der Waals surface area contributed by atoms with Crippen molar-refractivity contribution in [2.45, 2.75) is 18.9 Å². The van der Waals surface area contributed by atoms with Gasteiger partial charge in [0.25, 0.3) is 0 Å². The minimum absolute atomic E-state index is 0.0197. The lowest BCUT2D eigenvalue weighted by atomic mass is 10.1. The summed E-state index contributed by atoms with van der Waals surface area (Å²) in [4.78, 5) is 25.8.